The molecule has 0 aromatic heterocycles. The Morgan fingerprint density at radius 1 is 0.870 bits per heavy atom. The minimum atomic E-state index is -0.953. The van der Waals surface area contributed by atoms with Gasteiger partial charge in [-0.05, 0) is 70.8 Å². The van der Waals surface area contributed by atoms with Crippen LogP contribution in [0.15, 0.2) is 97.1 Å². The number of nitrogens with zero attached hydrogens (tertiary/aromatic N) is 1. The van der Waals surface area contributed by atoms with Gasteiger partial charge in [-0.15, -0.1) is 0 Å². The molecule has 7 heteroatoms. The summed E-state index contributed by atoms with van der Waals surface area (Å²) in [5.74, 6) is -1.37. The Kier molecular flexibility index (Phi) is 10.2. The highest BCUT2D eigenvalue weighted by atomic mass is 16.5. The van der Waals surface area contributed by atoms with E-state index in [4.69, 9.17) is 10.5 Å². The molecule has 1 aliphatic heterocycles. The van der Waals surface area contributed by atoms with E-state index >= 15 is 0 Å². The van der Waals surface area contributed by atoms with Gasteiger partial charge in [0.05, 0.1) is 19.3 Å². The van der Waals surface area contributed by atoms with E-state index in [-0.39, 0.29) is 17.7 Å². The number of fused-ring (bicyclic) bond motifs is 3. The monoisotopic (exact) mass is 617 g/mol. The predicted octanol–water partition coefficient (Wildman–Crippen LogP) is 7.30. The number of methoxy groups -OCH3 is 1. The van der Waals surface area contributed by atoms with Crippen molar-refractivity contribution < 1.29 is 19.1 Å². The number of nitrogens with two attached hydrogens (primary N) is 1. The van der Waals surface area contributed by atoms with E-state index in [9.17, 15) is 14.4 Å². The van der Waals surface area contributed by atoms with Gasteiger partial charge in [-0.1, -0.05) is 100.0 Å². The van der Waals surface area contributed by atoms with Crippen LogP contribution < -0.4 is 20.7 Å². The largest absolute Gasteiger partial charge is 0.497 e. The molecule has 0 saturated heterocycles. The third-order valence-corrected chi connectivity index (χ3v) is 8.76. The summed E-state index contributed by atoms with van der Waals surface area (Å²) in [4.78, 5) is 43.2. The minimum Gasteiger partial charge on any atom is -0.497 e. The van der Waals surface area contributed by atoms with E-state index in [0.717, 1.165) is 51.2 Å². The first kappa shape index (κ1) is 32.5. The summed E-state index contributed by atoms with van der Waals surface area (Å²) in [5, 5.41) is 3.11. The van der Waals surface area contributed by atoms with Crippen LogP contribution in [0.3, 0.4) is 0 Å². The molecule has 0 aliphatic carbocycles. The Labute approximate surface area is 271 Å². The van der Waals surface area contributed by atoms with Gasteiger partial charge in [0.25, 0.3) is 5.91 Å². The van der Waals surface area contributed by atoms with Crippen molar-refractivity contribution in [2.24, 2.45) is 23.5 Å². The number of carbonyl (C=O) groups excluding carboxylic acids is 3. The molecule has 7 nitrogen and oxygen atoms in total. The Bertz CT molecular complexity index is 1700. The van der Waals surface area contributed by atoms with Gasteiger partial charge in [0, 0.05) is 17.4 Å². The summed E-state index contributed by atoms with van der Waals surface area (Å²) in [7, 11) is 1.64. The van der Waals surface area contributed by atoms with Crippen LogP contribution in [0.1, 0.15) is 57.2 Å². The molecule has 0 fully saturated rings. The van der Waals surface area contributed by atoms with Crippen molar-refractivity contribution in [3.63, 3.8) is 0 Å². The van der Waals surface area contributed by atoms with Crippen LogP contribution in [0.5, 0.6) is 5.75 Å². The maximum absolute atomic E-state index is 14.7. The first-order chi connectivity index (χ1) is 22.2. The second kappa shape index (κ2) is 14.5. The molecule has 3 atom stereocenters. The number of amides is 3. The van der Waals surface area contributed by atoms with Crippen LogP contribution >= 0.6 is 0 Å². The number of anilines is 1. The number of nitrogens with one attached hydrogen (secondary N) is 1. The van der Waals surface area contributed by atoms with Gasteiger partial charge in [0.1, 0.15) is 11.8 Å². The number of para-hydroxylation sites is 1. The van der Waals surface area contributed by atoms with Gasteiger partial charge in [-0.2, -0.15) is 0 Å². The Hall–Kier alpha value is -4.91. The molecule has 0 saturated carbocycles. The van der Waals surface area contributed by atoms with E-state index < -0.39 is 23.8 Å². The van der Waals surface area contributed by atoms with Gasteiger partial charge in [-0.3, -0.25) is 14.4 Å². The van der Waals surface area contributed by atoms with Crippen LogP contribution in [-0.4, -0.2) is 24.8 Å². The molecule has 46 heavy (non-hydrogen) atoms. The third-order valence-electron chi connectivity index (χ3n) is 8.76. The number of carbonyl (C=O) groups is 3. The molecule has 4 aromatic rings. The van der Waals surface area contributed by atoms with Gasteiger partial charge in [-0.25, -0.2) is 0 Å². The average Bonchev–Trinajstić information content (AvgIpc) is 3.15. The summed E-state index contributed by atoms with van der Waals surface area (Å²) in [6.45, 7) is 6.32. The molecular formula is C39H43N3O4. The number of hydrogen-bond acceptors (Lipinski definition) is 4. The lowest BCUT2D eigenvalue weighted by atomic mass is 9.81. The fourth-order valence-electron chi connectivity index (χ4n) is 6.52. The number of hydrogen-bond donors (Lipinski definition) is 2. The molecule has 3 unspecified atom stereocenters. The molecule has 1 heterocycles. The average molecular weight is 618 g/mol. The standard InChI is InChI=1S/C39H43N3O4/c1-5-11-33(37(40)43)34(22-25(2)3)38(44)41-36-32-16-7-6-14-30(32)31-15-8-9-17-35(31)42(39(36)45)24-26-12-10-13-28(23-26)27-18-20-29(46-4)21-19-27/h6-10,12-21,23,25,33-34,36H,5,11,22,24H2,1-4H3,(H2,40,43)(H,41,44). The Morgan fingerprint density at radius 2 is 1.57 bits per heavy atom. The second-order valence-electron chi connectivity index (χ2n) is 12.4. The SMILES string of the molecule is CCCC(C(N)=O)C(CC(C)C)C(=O)NC1C(=O)N(Cc2cccc(-c3ccc(OC)cc3)c2)c2ccccc2-c2ccccc21. The number of benzene rings is 4. The quantitative estimate of drug-likeness (QED) is 0.174. The highest BCUT2D eigenvalue weighted by molar-refractivity contribution is 6.06. The van der Waals surface area contributed by atoms with Gasteiger partial charge >= 0.3 is 0 Å². The molecule has 238 valence electrons. The Balaban J connectivity index is 1.54. The normalized spacial score (nSPS) is 15.4. The van der Waals surface area contributed by atoms with E-state index in [1.165, 1.54) is 0 Å². The fraction of sp³-hybridized carbons (Fsp3) is 0.308. The van der Waals surface area contributed by atoms with Crippen molar-refractivity contribution in [1.29, 1.82) is 0 Å². The van der Waals surface area contributed by atoms with E-state index in [2.05, 4.69) is 11.4 Å². The van der Waals surface area contributed by atoms with Crippen LogP contribution in [0, 0.1) is 17.8 Å². The maximum Gasteiger partial charge on any atom is 0.254 e. The first-order valence-corrected chi connectivity index (χ1v) is 16.0. The summed E-state index contributed by atoms with van der Waals surface area (Å²) in [6, 6.07) is 30.6. The molecular weight excluding hydrogens is 574 g/mol. The third kappa shape index (κ3) is 6.99. The molecule has 4 aromatic carbocycles. The topological polar surface area (TPSA) is 102 Å². The maximum atomic E-state index is 14.7. The zero-order valence-electron chi connectivity index (χ0n) is 27.0. The fourth-order valence-corrected chi connectivity index (χ4v) is 6.52. The first-order valence-electron chi connectivity index (χ1n) is 16.0. The van der Waals surface area contributed by atoms with E-state index in [1.807, 2.05) is 112 Å². The van der Waals surface area contributed by atoms with E-state index in [1.54, 1.807) is 12.0 Å². The van der Waals surface area contributed by atoms with Crippen molar-refractivity contribution in [2.45, 2.75) is 52.6 Å². The lowest BCUT2D eigenvalue weighted by Crippen LogP contribution is -2.47. The van der Waals surface area contributed by atoms with E-state index in [0.29, 0.717) is 19.4 Å². The molecule has 3 N–H and O–H groups in total. The molecule has 0 bridgehead atoms. The van der Waals surface area contributed by atoms with Crippen LogP contribution in [-0.2, 0) is 20.9 Å². The highest BCUT2D eigenvalue weighted by Crippen LogP contribution is 2.41. The Morgan fingerprint density at radius 3 is 2.24 bits per heavy atom. The van der Waals surface area contributed by atoms with Crippen molar-refractivity contribution >= 4 is 23.4 Å². The zero-order valence-corrected chi connectivity index (χ0v) is 27.0. The number of primary amides is 1. The van der Waals surface area contributed by atoms with Gasteiger partial charge < -0.3 is 20.7 Å². The minimum absolute atomic E-state index is 0.158. The van der Waals surface area contributed by atoms with Gasteiger partial charge in [0.2, 0.25) is 11.8 Å². The summed E-state index contributed by atoms with van der Waals surface area (Å²) < 4.78 is 5.32. The van der Waals surface area contributed by atoms with Gasteiger partial charge in [0.15, 0.2) is 0 Å². The molecule has 0 spiro atoms. The van der Waals surface area contributed by atoms with Crippen molar-refractivity contribution in [2.75, 3.05) is 12.0 Å². The second-order valence-corrected chi connectivity index (χ2v) is 12.4. The summed E-state index contributed by atoms with van der Waals surface area (Å²) in [5.41, 5.74) is 12.1. The molecule has 3 amide bonds. The number of rotatable bonds is 12. The molecule has 0 radical (unpaired) electrons. The lowest BCUT2D eigenvalue weighted by Gasteiger charge is -2.30. The molecule has 1 aliphatic rings. The molecule has 5 rings (SSSR count). The van der Waals surface area contributed by atoms with Crippen LogP contribution in [0.2, 0.25) is 0 Å². The highest BCUT2D eigenvalue weighted by Gasteiger charge is 2.39. The van der Waals surface area contributed by atoms with Crippen molar-refractivity contribution in [3.05, 3.63) is 108 Å². The smallest absolute Gasteiger partial charge is 0.254 e. The number of ether oxygens (including phenoxy) is 1. The summed E-state index contributed by atoms with van der Waals surface area (Å²) >= 11 is 0. The zero-order chi connectivity index (χ0) is 32.8. The van der Waals surface area contributed by atoms with Crippen LogP contribution in [0.4, 0.5) is 5.69 Å². The summed E-state index contributed by atoms with van der Waals surface area (Å²) in [6.07, 6.45) is 1.72. The lowest BCUT2D eigenvalue weighted by molar-refractivity contribution is -0.136. The predicted molar refractivity (Wildman–Crippen MR) is 183 cm³/mol. The van der Waals surface area contributed by atoms with Crippen molar-refractivity contribution in [3.8, 4) is 28.0 Å². The van der Waals surface area contributed by atoms with Crippen LogP contribution in [0.25, 0.3) is 22.3 Å². The van der Waals surface area contributed by atoms with Crippen molar-refractivity contribution in [1.82, 2.24) is 5.32 Å².